The molecule has 11 heteroatoms. The number of carbonyl (C=O) groups is 2. The van der Waals surface area contributed by atoms with Gasteiger partial charge in [-0.15, -0.1) is 5.10 Å². The zero-order valence-corrected chi connectivity index (χ0v) is 18.7. The number of hydrogen-bond donors (Lipinski definition) is 1. The summed E-state index contributed by atoms with van der Waals surface area (Å²) in [6, 6.07) is 10.7. The number of anilines is 1. The number of halogens is 2. The molecule has 0 amide bonds. The number of nitrogens with zero attached hydrogens (tertiary/aromatic N) is 3. The molecule has 4 aromatic rings. The summed E-state index contributed by atoms with van der Waals surface area (Å²) in [5.41, 5.74) is 5.51. The van der Waals surface area contributed by atoms with Gasteiger partial charge in [0.15, 0.2) is 18.1 Å². The lowest BCUT2D eigenvalue weighted by atomic mass is 10.1. The number of pyridine rings is 1. The minimum Gasteiger partial charge on any atom is -0.497 e. The fraction of sp³-hybridized carbons (Fsp3) is 0.167. The highest BCUT2D eigenvalue weighted by Crippen LogP contribution is 2.26. The highest BCUT2D eigenvalue weighted by Gasteiger charge is 2.22. The van der Waals surface area contributed by atoms with Gasteiger partial charge < -0.3 is 19.9 Å². The van der Waals surface area contributed by atoms with Crippen LogP contribution in [0.2, 0.25) is 0 Å². The number of methoxy groups -OCH3 is 2. The Kier molecular flexibility index (Phi) is 6.58. The van der Waals surface area contributed by atoms with E-state index in [1.54, 1.807) is 11.8 Å². The number of esters is 1. The number of benzene rings is 2. The van der Waals surface area contributed by atoms with Crippen molar-refractivity contribution >= 4 is 28.5 Å². The Bertz CT molecular complexity index is 1420. The van der Waals surface area contributed by atoms with E-state index >= 15 is 0 Å². The fourth-order valence-electron chi connectivity index (χ4n) is 3.42. The summed E-state index contributed by atoms with van der Waals surface area (Å²) in [6.45, 7) is -0.505. The second kappa shape index (κ2) is 9.75. The zero-order chi connectivity index (χ0) is 25.1. The molecule has 0 aliphatic rings. The van der Waals surface area contributed by atoms with Gasteiger partial charge in [-0.1, -0.05) is 12.1 Å². The van der Waals surface area contributed by atoms with E-state index in [0.717, 1.165) is 23.4 Å². The SMILES string of the molecule is COc1ccc(Cn2nc(OC)c3cc(C(=O)OCC(=O)c4c(F)ccc(N)c4F)cnc32)cc1. The number of ketones is 1. The van der Waals surface area contributed by atoms with Crippen molar-refractivity contribution in [3.8, 4) is 11.6 Å². The number of hydrogen-bond acceptors (Lipinski definition) is 8. The van der Waals surface area contributed by atoms with Crippen LogP contribution in [-0.4, -0.2) is 47.3 Å². The zero-order valence-electron chi connectivity index (χ0n) is 18.7. The highest BCUT2D eigenvalue weighted by atomic mass is 19.1. The van der Waals surface area contributed by atoms with E-state index in [-0.39, 0.29) is 11.4 Å². The molecule has 0 saturated carbocycles. The number of carbonyl (C=O) groups excluding carboxylic acids is 2. The molecule has 2 N–H and O–H groups in total. The van der Waals surface area contributed by atoms with E-state index in [0.29, 0.717) is 17.6 Å². The molecule has 2 heterocycles. The monoisotopic (exact) mass is 482 g/mol. The van der Waals surface area contributed by atoms with Gasteiger partial charge in [-0.3, -0.25) is 4.79 Å². The van der Waals surface area contributed by atoms with E-state index in [2.05, 4.69) is 10.1 Å². The Hall–Kier alpha value is -4.54. The Morgan fingerprint density at radius 3 is 2.49 bits per heavy atom. The normalized spacial score (nSPS) is 10.9. The fourth-order valence-corrected chi connectivity index (χ4v) is 3.42. The molecular weight excluding hydrogens is 462 g/mol. The van der Waals surface area contributed by atoms with E-state index in [9.17, 15) is 18.4 Å². The molecule has 2 aromatic heterocycles. The molecule has 4 rings (SSSR count). The first-order valence-electron chi connectivity index (χ1n) is 10.3. The first-order valence-corrected chi connectivity index (χ1v) is 10.3. The summed E-state index contributed by atoms with van der Waals surface area (Å²) in [6.07, 6.45) is 1.25. The van der Waals surface area contributed by atoms with Crippen LogP contribution in [0.25, 0.3) is 11.0 Å². The third-order valence-corrected chi connectivity index (χ3v) is 5.21. The van der Waals surface area contributed by atoms with Crippen molar-refractivity contribution in [2.75, 3.05) is 26.6 Å². The van der Waals surface area contributed by atoms with Gasteiger partial charge in [-0.05, 0) is 35.9 Å². The maximum atomic E-state index is 14.0. The van der Waals surface area contributed by atoms with Crippen LogP contribution in [-0.2, 0) is 11.3 Å². The number of ether oxygens (including phenoxy) is 3. The molecule has 0 unspecified atom stereocenters. The molecule has 9 nitrogen and oxygen atoms in total. The van der Waals surface area contributed by atoms with Crippen LogP contribution >= 0.6 is 0 Å². The molecular formula is C24H20F2N4O5. The number of nitrogens with two attached hydrogens (primary N) is 1. The van der Waals surface area contributed by atoms with E-state index in [4.69, 9.17) is 19.9 Å². The Morgan fingerprint density at radius 1 is 1.06 bits per heavy atom. The molecule has 35 heavy (non-hydrogen) atoms. The van der Waals surface area contributed by atoms with Crippen molar-refractivity contribution in [3.05, 3.63) is 77.0 Å². The average molecular weight is 482 g/mol. The largest absolute Gasteiger partial charge is 0.497 e. The minimum absolute atomic E-state index is 0.00103. The molecule has 0 aliphatic carbocycles. The summed E-state index contributed by atoms with van der Waals surface area (Å²) in [4.78, 5) is 29.0. The number of aromatic nitrogens is 3. The van der Waals surface area contributed by atoms with Crippen LogP contribution in [0.1, 0.15) is 26.3 Å². The third kappa shape index (κ3) is 4.74. The quantitative estimate of drug-likeness (QED) is 0.231. The molecule has 0 atom stereocenters. The van der Waals surface area contributed by atoms with Gasteiger partial charge in [-0.2, -0.15) is 0 Å². The number of nitrogen functional groups attached to an aromatic ring is 1. The van der Waals surface area contributed by atoms with Crippen LogP contribution in [0.4, 0.5) is 14.5 Å². The van der Waals surface area contributed by atoms with E-state index < -0.39 is 41.2 Å². The molecule has 0 saturated heterocycles. The van der Waals surface area contributed by atoms with Crippen LogP contribution in [0, 0.1) is 11.6 Å². The van der Waals surface area contributed by atoms with Gasteiger partial charge in [-0.25, -0.2) is 23.2 Å². The second-order valence-corrected chi connectivity index (χ2v) is 7.44. The molecule has 0 fully saturated rings. The second-order valence-electron chi connectivity index (χ2n) is 7.44. The van der Waals surface area contributed by atoms with E-state index in [1.165, 1.54) is 19.4 Å². The van der Waals surface area contributed by atoms with Crippen LogP contribution in [0.15, 0.2) is 48.7 Å². The topological polar surface area (TPSA) is 119 Å². The number of fused-ring (bicyclic) bond motifs is 1. The van der Waals surface area contributed by atoms with Crippen molar-refractivity contribution < 1.29 is 32.6 Å². The molecule has 0 aliphatic heterocycles. The first-order chi connectivity index (χ1) is 16.8. The lowest BCUT2D eigenvalue weighted by Gasteiger charge is -2.08. The van der Waals surface area contributed by atoms with Gasteiger partial charge in [0, 0.05) is 6.20 Å². The Labute approximate surface area is 198 Å². The molecule has 0 radical (unpaired) electrons. The average Bonchev–Trinajstić information content (AvgIpc) is 3.22. The minimum atomic E-state index is -1.21. The standard InChI is InChI=1S/C24H20F2N4O5/c1-33-15-5-3-13(4-6-15)11-30-22-16(23(29-30)34-2)9-14(10-28-22)24(32)35-12-19(31)20-17(25)7-8-18(27)21(20)26/h3-10H,11-12,27H2,1-2H3. The Balaban J connectivity index is 1.53. The summed E-state index contributed by atoms with van der Waals surface area (Å²) >= 11 is 0. The summed E-state index contributed by atoms with van der Waals surface area (Å²) in [5, 5.41) is 4.83. The van der Waals surface area contributed by atoms with E-state index in [1.807, 2.05) is 24.3 Å². The summed E-state index contributed by atoms with van der Waals surface area (Å²) in [7, 11) is 3.01. The number of Topliss-reactive ketones (excluding diaryl/α,β-unsaturated/α-hetero) is 1. The van der Waals surface area contributed by atoms with Crippen molar-refractivity contribution in [2.24, 2.45) is 0 Å². The number of rotatable bonds is 8. The molecule has 0 bridgehead atoms. The van der Waals surface area contributed by atoms with Gasteiger partial charge >= 0.3 is 5.97 Å². The Morgan fingerprint density at radius 2 is 1.80 bits per heavy atom. The van der Waals surface area contributed by atoms with Gasteiger partial charge in [0.1, 0.15) is 11.6 Å². The van der Waals surface area contributed by atoms with Crippen LogP contribution in [0.5, 0.6) is 11.6 Å². The summed E-state index contributed by atoms with van der Waals surface area (Å²) in [5.74, 6) is -3.34. The van der Waals surface area contributed by atoms with Crippen molar-refractivity contribution in [2.45, 2.75) is 6.54 Å². The lowest BCUT2D eigenvalue weighted by Crippen LogP contribution is -2.17. The van der Waals surface area contributed by atoms with Crippen molar-refractivity contribution in [1.29, 1.82) is 0 Å². The molecule has 0 spiro atoms. The maximum Gasteiger partial charge on any atom is 0.340 e. The maximum absolute atomic E-state index is 14.0. The first kappa shape index (κ1) is 23.6. The van der Waals surface area contributed by atoms with Gasteiger partial charge in [0.25, 0.3) is 0 Å². The smallest absolute Gasteiger partial charge is 0.340 e. The predicted octanol–water partition coefficient (Wildman–Crippen LogP) is 3.40. The third-order valence-electron chi connectivity index (χ3n) is 5.21. The van der Waals surface area contributed by atoms with Crippen LogP contribution in [0.3, 0.4) is 0 Å². The van der Waals surface area contributed by atoms with Gasteiger partial charge in [0.2, 0.25) is 11.7 Å². The molecule has 180 valence electrons. The molecule has 2 aromatic carbocycles. The van der Waals surface area contributed by atoms with Gasteiger partial charge in [0.05, 0.1) is 43.0 Å². The lowest BCUT2D eigenvalue weighted by molar-refractivity contribution is 0.0472. The highest BCUT2D eigenvalue weighted by molar-refractivity contribution is 6.01. The van der Waals surface area contributed by atoms with Crippen LogP contribution < -0.4 is 15.2 Å². The van der Waals surface area contributed by atoms with Crippen molar-refractivity contribution in [3.63, 3.8) is 0 Å². The summed E-state index contributed by atoms with van der Waals surface area (Å²) < 4.78 is 45.0. The van der Waals surface area contributed by atoms with Crippen molar-refractivity contribution in [1.82, 2.24) is 14.8 Å². The predicted molar refractivity (Wildman–Crippen MR) is 122 cm³/mol.